The molecule has 5 nitrogen and oxygen atoms in total. The summed E-state index contributed by atoms with van der Waals surface area (Å²) in [4.78, 5) is 13.9. The van der Waals surface area contributed by atoms with Gasteiger partial charge >= 0.3 is 0 Å². The molecule has 1 atom stereocenters. The highest BCUT2D eigenvalue weighted by Crippen LogP contribution is 2.16. The number of methoxy groups -OCH3 is 1. The SMILES string of the molecule is CNCC1CCCCN1C(=O)COCCOC. The summed E-state index contributed by atoms with van der Waals surface area (Å²) in [7, 11) is 3.55. The molecular formula is C12H24N2O3. The van der Waals surface area contributed by atoms with Gasteiger partial charge in [-0.05, 0) is 26.3 Å². The lowest BCUT2D eigenvalue weighted by Crippen LogP contribution is -2.49. The molecular weight excluding hydrogens is 220 g/mol. The summed E-state index contributed by atoms with van der Waals surface area (Å²) in [5, 5.41) is 3.14. The van der Waals surface area contributed by atoms with Gasteiger partial charge in [0.15, 0.2) is 0 Å². The van der Waals surface area contributed by atoms with Gasteiger partial charge in [-0.15, -0.1) is 0 Å². The predicted octanol–water partition coefficient (Wildman–Crippen LogP) is 0.250. The van der Waals surface area contributed by atoms with Gasteiger partial charge in [0.1, 0.15) is 6.61 Å². The summed E-state index contributed by atoms with van der Waals surface area (Å²) in [6.07, 6.45) is 3.40. The van der Waals surface area contributed by atoms with Gasteiger partial charge in [0.2, 0.25) is 5.91 Å². The summed E-state index contributed by atoms with van der Waals surface area (Å²) >= 11 is 0. The van der Waals surface area contributed by atoms with E-state index < -0.39 is 0 Å². The molecule has 0 saturated carbocycles. The van der Waals surface area contributed by atoms with Crippen LogP contribution in [0, 0.1) is 0 Å². The van der Waals surface area contributed by atoms with Crippen LogP contribution in [0.15, 0.2) is 0 Å². The molecule has 5 heteroatoms. The van der Waals surface area contributed by atoms with Crippen molar-refractivity contribution in [3.8, 4) is 0 Å². The number of nitrogens with one attached hydrogen (secondary N) is 1. The Morgan fingerprint density at radius 1 is 1.41 bits per heavy atom. The molecule has 1 fully saturated rings. The number of rotatable bonds is 7. The third-order valence-electron chi connectivity index (χ3n) is 3.04. The maximum atomic E-state index is 12.0. The van der Waals surface area contributed by atoms with E-state index in [4.69, 9.17) is 9.47 Å². The minimum atomic E-state index is 0.0982. The zero-order valence-electron chi connectivity index (χ0n) is 10.9. The van der Waals surface area contributed by atoms with Crippen molar-refractivity contribution >= 4 is 5.91 Å². The topological polar surface area (TPSA) is 50.8 Å². The number of likely N-dealkylation sites (N-methyl/N-ethyl adjacent to an activating group) is 1. The molecule has 0 aromatic carbocycles. The van der Waals surface area contributed by atoms with Crippen LogP contribution >= 0.6 is 0 Å². The lowest BCUT2D eigenvalue weighted by atomic mass is 10.0. The number of likely N-dealkylation sites (tertiary alicyclic amines) is 1. The Hall–Kier alpha value is -0.650. The van der Waals surface area contributed by atoms with Gasteiger partial charge in [-0.3, -0.25) is 4.79 Å². The van der Waals surface area contributed by atoms with Gasteiger partial charge in [-0.2, -0.15) is 0 Å². The van der Waals surface area contributed by atoms with E-state index in [9.17, 15) is 4.79 Å². The van der Waals surface area contributed by atoms with Crippen molar-refractivity contribution in [2.75, 3.05) is 47.1 Å². The molecule has 0 radical (unpaired) electrons. The maximum Gasteiger partial charge on any atom is 0.248 e. The quantitative estimate of drug-likeness (QED) is 0.652. The van der Waals surface area contributed by atoms with Crippen molar-refractivity contribution in [1.29, 1.82) is 0 Å². The fraction of sp³-hybridized carbons (Fsp3) is 0.917. The molecule has 100 valence electrons. The fourth-order valence-corrected chi connectivity index (χ4v) is 2.16. The second kappa shape index (κ2) is 8.44. The van der Waals surface area contributed by atoms with E-state index >= 15 is 0 Å². The zero-order valence-corrected chi connectivity index (χ0v) is 10.9. The van der Waals surface area contributed by atoms with E-state index in [2.05, 4.69) is 5.32 Å². The first-order valence-corrected chi connectivity index (χ1v) is 6.30. The van der Waals surface area contributed by atoms with Crippen molar-refractivity contribution in [3.63, 3.8) is 0 Å². The number of piperidine rings is 1. The number of nitrogens with zero attached hydrogens (tertiary/aromatic N) is 1. The first-order valence-electron chi connectivity index (χ1n) is 6.30. The van der Waals surface area contributed by atoms with Crippen LogP contribution in [-0.4, -0.2) is 63.9 Å². The first kappa shape index (κ1) is 14.4. The molecule has 0 bridgehead atoms. The zero-order chi connectivity index (χ0) is 12.5. The number of hydrogen-bond acceptors (Lipinski definition) is 4. The highest BCUT2D eigenvalue weighted by molar-refractivity contribution is 5.77. The van der Waals surface area contributed by atoms with Crippen molar-refractivity contribution in [2.45, 2.75) is 25.3 Å². The van der Waals surface area contributed by atoms with Crippen LogP contribution in [0.1, 0.15) is 19.3 Å². The van der Waals surface area contributed by atoms with E-state index in [-0.39, 0.29) is 12.5 Å². The third kappa shape index (κ3) is 5.02. The molecule has 17 heavy (non-hydrogen) atoms. The van der Waals surface area contributed by atoms with Crippen LogP contribution < -0.4 is 5.32 Å². The van der Waals surface area contributed by atoms with Gasteiger partial charge in [0.25, 0.3) is 0 Å². The number of ether oxygens (including phenoxy) is 2. The standard InChI is InChI=1S/C12H24N2O3/c1-13-9-11-5-3-4-6-14(11)12(15)10-17-8-7-16-2/h11,13H,3-10H2,1-2H3. The molecule has 1 rings (SSSR count). The molecule has 0 spiro atoms. The van der Waals surface area contributed by atoms with Crippen LogP contribution in [0.25, 0.3) is 0 Å². The normalized spacial score (nSPS) is 20.6. The molecule has 1 aliphatic heterocycles. The van der Waals surface area contributed by atoms with E-state index in [1.165, 1.54) is 6.42 Å². The second-order valence-electron chi connectivity index (χ2n) is 4.34. The van der Waals surface area contributed by atoms with E-state index in [1.54, 1.807) is 7.11 Å². The molecule has 0 aromatic rings. The number of hydrogen-bond donors (Lipinski definition) is 1. The Labute approximate surface area is 103 Å². The lowest BCUT2D eigenvalue weighted by molar-refractivity contribution is -0.140. The first-order chi connectivity index (χ1) is 8.29. The second-order valence-corrected chi connectivity index (χ2v) is 4.34. The molecule has 0 aliphatic carbocycles. The minimum Gasteiger partial charge on any atom is -0.382 e. The van der Waals surface area contributed by atoms with E-state index in [0.717, 1.165) is 25.9 Å². The number of amides is 1. The highest BCUT2D eigenvalue weighted by atomic mass is 16.5. The van der Waals surface area contributed by atoms with Gasteiger partial charge in [-0.25, -0.2) is 0 Å². The minimum absolute atomic E-state index is 0.0982. The van der Waals surface area contributed by atoms with Crippen LogP contribution in [0.5, 0.6) is 0 Å². The average Bonchev–Trinajstić information content (AvgIpc) is 2.35. The largest absolute Gasteiger partial charge is 0.382 e. The van der Waals surface area contributed by atoms with Crippen LogP contribution in [0.3, 0.4) is 0 Å². The molecule has 1 unspecified atom stereocenters. The Bertz CT molecular complexity index is 222. The van der Waals surface area contributed by atoms with Gasteiger partial charge in [0.05, 0.1) is 13.2 Å². The third-order valence-corrected chi connectivity index (χ3v) is 3.04. The van der Waals surface area contributed by atoms with Crippen LogP contribution in [-0.2, 0) is 14.3 Å². The Morgan fingerprint density at radius 3 is 2.94 bits per heavy atom. The maximum absolute atomic E-state index is 12.0. The average molecular weight is 244 g/mol. The van der Waals surface area contributed by atoms with Gasteiger partial charge in [-0.1, -0.05) is 0 Å². The number of carbonyl (C=O) groups is 1. The highest BCUT2D eigenvalue weighted by Gasteiger charge is 2.25. The van der Waals surface area contributed by atoms with Crippen LogP contribution in [0.4, 0.5) is 0 Å². The Kier molecular flexibility index (Phi) is 7.16. The van der Waals surface area contributed by atoms with Crippen molar-refractivity contribution < 1.29 is 14.3 Å². The number of carbonyl (C=O) groups excluding carboxylic acids is 1. The summed E-state index contributed by atoms with van der Waals surface area (Å²) in [5.41, 5.74) is 0. The lowest BCUT2D eigenvalue weighted by Gasteiger charge is -2.35. The molecule has 1 amide bonds. The smallest absolute Gasteiger partial charge is 0.248 e. The van der Waals surface area contributed by atoms with E-state index in [1.807, 2.05) is 11.9 Å². The van der Waals surface area contributed by atoms with Crippen LogP contribution in [0.2, 0.25) is 0 Å². The van der Waals surface area contributed by atoms with Crippen molar-refractivity contribution in [1.82, 2.24) is 10.2 Å². The molecule has 1 aliphatic rings. The van der Waals surface area contributed by atoms with Crippen molar-refractivity contribution in [2.24, 2.45) is 0 Å². The van der Waals surface area contributed by atoms with Crippen molar-refractivity contribution in [3.05, 3.63) is 0 Å². The predicted molar refractivity (Wildman–Crippen MR) is 66.0 cm³/mol. The summed E-state index contributed by atoms with van der Waals surface area (Å²) in [5.74, 6) is 0.0982. The van der Waals surface area contributed by atoms with Gasteiger partial charge < -0.3 is 19.7 Å². The van der Waals surface area contributed by atoms with E-state index in [0.29, 0.717) is 19.3 Å². The molecule has 0 aromatic heterocycles. The summed E-state index contributed by atoms with van der Waals surface area (Å²) in [6, 6.07) is 0.326. The molecule has 1 saturated heterocycles. The Morgan fingerprint density at radius 2 is 2.24 bits per heavy atom. The summed E-state index contributed by atoms with van der Waals surface area (Å²) < 4.78 is 10.1. The molecule has 1 N–H and O–H groups in total. The Balaban J connectivity index is 2.31. The monoisotopic (exact) mass is 244 g/mol. The molecule has 1 heterocycles. The summed E-state index contributed by atoms with van der Waals surface area (Å²) in [6.45, 7) is 2.91. The fourth-order valence-electron chi connectivity index (χ4n) is 2.16. The van der Waals surface area contributed by atoms with Gasteiger partial charge in [0, 0.05) is 26.2 Å².